The Kier molecular flexibility index (Phi) is 4.59. The first kappa shape index (κ1) is 17.6. The van der Waals surface area contributed by atoms with Gasteiger partial charge in [0.15, 0.2) is 0 Å². The van der Waals surface area contributed by atoms with Crippen molar-refractivity contribution < 1.29 is 26.0 Å². The number of alkyl halides is 3. The predicted molar refractivity (Wildman–Crippen MR) is 78.4 cm³/mol. The van der Waals surface area contributed by atoms with E-state index in [1.165, 1.54) is 13.0 Å². The van der Waals surface area contributed by atoms with Crippen LogP contribution in [0.4, 0.5) is 23.2 Å². The van der Waals surface area contributed by atoms with Gasteiger partial charge in [0.25, 0.3) is 10.0 Å². The van der Waals surface area contributed by atoms with E-state index in [-0.39, 0.29) is 16.3 Å². The van der Waals surface area contributed by atoms with E-state index in [0.717, 1.165) is 18.2 Å². The van der Waals surface area contributed by atoms with Gasteiger partial charge in [0.2, 0.25) is 0 Å². The summed E-state index contributed by atoms with van der Waals surface area (Å²) in [4.78, 5) is -0.710. The lowest BCUT2D eigenvalue weighted by Crippen LogP contribution is -2.16. The molecule has 0 fully saturated rings. The van der Waals surface area contributed by atoms with Crippen LogP contribution < -0.4 is 4.72 Å². The molecule has 0 unspecified atom stereocenters. The fraction of sp³-hybridized carbons (Fsp3) is 0.143. The van der Waals surface area contributed by atoms with E-state index in [9.17, 15) is 26.0 Å². The van der Waals surface area contributed by atoms with Crippen LogP contribution in [0, 0.1) is 12.7 Å². The second-order valence-corrected chi connectivity index (χ2v) is 6.77. The first-order chi connectivity index (χ1) is 10.5. The van der Waals surface area contributed by atoms with Gasteiger partial charge in [0.05, 0.1) is 16.3 Å². The van der Waals surface area contributed by atoms with Gasteiger partial charge in [-0.15, -0.1) is 0 Å². The van der Waals surface area contributed by atoms with Gasteiger partial charge in [-0.3, -0.25) is 4.72 Å². The van der Waals surface area contributed by atoms with E-state index < -0.39 is 32.5 Å². The minimum atomic E-state index is -4.71. The number of sulfonamides is 1. The second kappa shape index (κ2) is 6.01. The topological polar surface area (TPSA) is 46.2 Å². The molecule has 3 nitrogen and oxygen atoms in total. The number of aryl methyl sites for hydroxylation is 1. The van der Waals surface area contributed by atoms with Crippen molar-refractivity contribution in [2.45, 2.75) is 18.0 Å². The quantitative estimate of drug-likeness (QED) is 0.805. The lowest BCUT2D eigenvalue weighted by atomic mass is 10.2. The van der Waals surface area contributed by atoms with Crippen molar-refractivity contribution in [3.05, 3.63) is 58.4 Å². The van der Waals surface area contributed by atoms with E-state index in [2.05, 4.69) is 4.72 Å². The smallest absolute Gasteiger partial charge is 0.279 e. The van der Waals surface area contributed by atoms with Gasteiger partial charge < -0.3 is 0 Å². The molecule has 0 aliphatic heterocycles. The molecule has 9 heteroatoms. The molecule has 0 saturated heterocycles. The Morgan fingerprint density at radius 2 is 1.74 bits per heavy atom. The average Bonchev–Trinajstić information content (AvgIpc) is 2.41. The number of hydrogen-bond acceptors (Lipinski definition) is 2. The highest BCUT2D eigenvalue weighted by atomic mass is 35.5. The fourth-order valence-corrected chi connectivity index (χ4v) is 3.48. The first-order valence-electron chi connectivity index (χ1n) is 6.16. The summed E-state index contributed by atoms with van der Waals surface area (Å²) in [6.07, 6.45) is -4.71. The van der Waals surface area contributed by atoms with Crippen LogP contribution in [-0.4, -0.2) is 8.42 Å². The normalized spacial score (nSPS) is 12.3. The summed E-state index contributed by atoms with van der Waals surface area (Å²) in [5, 5.41) is -0.356. The Balaban J connectivity index is 2.47. The van der Waals surface area contributed by atoms with E-state index >= 15 is 0 Å². The van der Waals surface area contributed by atoms with Gasteiger partial charge in [-0.25, -0.2) is 12.8 Å². The number of benzene rings is 2. The van der Waals surface area contributed by atoms with Crippen molar-refractivity contribution in [3.63, 3.8) is 0 Å². The minimum absolute atomic E-state index is 0.0416. The third kappa shape index (κ3) is 3.94. The van der Waals surface area contributed by atoms with Gasteiger partial charge in [-0.1, -0.05) is 11.6 Å². The zero-order valence-corrected chi connectivity index (χ0v) is 13.2. The molecule has 2 aromatic carbocycles. The van der Waals surface area contributed by atoms with Crippen molar-refractivity contribution in [2.75, 3.05) is 4.72 Å². The largest absolute Gasteiger partial charge is 0.416 e. The molecule has 0 aromatic heterocycles. The molecule has 0 aliphatic carbocycles. The number of hydrogen-bond donors (Lipinski definition) is 1. The van der Waals surface area contributed by atoms with Gasteiger partial charge in [-0.2, -0.15) is 13.2 Å². The molecule has 0 heterocycles. The van der Waals surface area contributed by atoms with Crippen molar-refractivity contribution in [1.82, 2.24) is 0 Å². The molecule has 1 N–H and O–H groups in total. The van der Waals surface area contributed by atoms with Crippen LogP contribution in [0.2, 0.25) is 5.02 Å². The number of nitrogens with one attached hydrogen (secondary N) is 1. The van der Waals surface area contributed by atoms with Crippen molar-refractivity contribution >= 4 is 27.3 Å². The molecule has 124 valence electrons. The maximum absolute atomic E-state index is 13.0. The third-order valence-electron chi connectivity index (χ3n) is 2.98. The molecule has 0 bridgehead atoms. The Bertz CT molecular complexity index is 850. The Hall–Kier alpha value is -1.80. The molecule has 2 rings (SSSR count). The highest BCUT2D eigenvalue weighted by Crippen LogP contribution is 2.34. The van der Waals surface area contributed by atoms with Crippen LogP contribution in [-0.2, 0) is 16.2 Å². The molecule has 23 heavy (non-hydrogen) atoms. The van der Waals surface area contributed by atoms with Gasteiger partial charge >= 0.3 is 6.18 Å². The lowest BCUT2D eigenvalue weighted by Gasteiger charge is -2.14. The first-order valence-corrected chi connectivity index (χ1v) is 8.02. The monoisotopic (exact) mass is 367 g/mol. The van der Waals surface area contributed by atoms with Gasteiger partial charge in [0.1, 0.15) is 10.7 Å². The highest BCUT2D eigenvalue weighted by Gasteiger charge is 2.32. The fourth-order valence-electron chi connectivity index (χ4n) is 1.83. The standard InChI is InChI=1S/C14H10ClF4NO2S/c1-8-6-10(16)3-5-12(8)20-23(21,22)13-7-9(14(17,18)19)2-4-11(13)15/h2-7,20H,1H3. The molecule has 0 amide bonds. The molecule has 2 aromatic rings. The summed E-state index contributed by atoms with van der Waals surface area (Å²) in [5.41, 5.74) is -0.824. The van der Waals surface area contributed by atoms with E-state index in [1.54, 1.807) is 0 Å². The summed E-state index contributed by atoms with van der Waals surface area (Å²) in [7, 11) is -4.37. The van der Waals surface area contributed by atoms with Gasteiger partial charge in [0, 0.05) is 0 Å². The van der Waals surface area contributed by atoms with Crippen LogP contribution in [0.25, 0.3) is 0 Å². The lowest BCUT2D eigenvalue weighted by molar-refractivity contribution is -0.137. The summed E-state index contributed by atoms with van der Waals surface area (Å²) in [5.74, 6) is -0.567. The third-order valence-corrected chi connectivity index (χ3v) is 4.83. The molecule has 0 spiro atoms. The molecule has 0 saturated carbocycles. The number of halogens is 5. The molecular weight excluding hydrogens is 358 g/mol. The highest BCUT2D eigenvalue weighted by molar-refractivity contribution is 7.92. The van der Waals surface area contributed by atoms with Gasteiger partial charge in [-0.05, 0) is 48.9 Å². The number of rotatable bonds is 3. The van der Waals surface area contributed by atoms with Crippen molar-refractivity contribution in [2.24, 2.45) is 0 Å². The van der Waals surface area contributed by atoms with Crippen LogP contribution in [0.3, 0.4) is 0 Å². The molecule has 0 radical (unpaired) electrons. The molecule has 0 aliphatic rings. The van der Waals surface area contributed by atoms with Crippen LogP contribution in [0.15, 0.2) is 41.3 Å². The Labute approximate surface area is 134 Å². The zero-order chi connectivity index (χ0) is 17.4. The predicted octanol–water partition coefficient (Wildman–Crippen LogP) is 4.61. The van der Waals surface area contributed by atoms with E-state index in [1.807, 2.05) is 0 Å². The Morgan fingerprint density at radius 3 is 2.30 bits per heavy atom. The van der Waals surface area contributed by atoms with E-state index in [4.69, 9.17) is 11.6 Å². The SMILES string of the molecule is Cc1cc(F)ccc1NS(=O)(=O)c1cc(C(F)(F)F)ccc1Cl. The summed E-state index contributed by atoms with van der Waals surface area (Å²) in [6, 6.07) is 5.28. The zero-order valence-electron chi connectivity index (χ0n) is 11.6. The Morgan fingerprint density at radius 1 is 1.09 bits per heavy atom. The van der Waals surface area contributed by atoms with Crippen LogP contribution in [0.5, 0.6) is 0 Å². The van der Waals surface area contributed by atoms with Crippen molar-refractivity contribution in [1.29, 1.82) is 0 Å². The maximum atomic E-state index is 13.0. The molecular formula is C14H10ClF4NO2S. The van der Waals surface area contributed by atoms with Crippen molar-refractivity contribution in [3.8, 4) is 0 Å². The second-order valence-electron chi connectivity index (χ2n) is 4.71. The van der Waals surface area contributed by atoms with Crippen LogP contribution >= 0.6 is 11.6 Å². The summed E-state index contributed by atoms with van der Waals surface area (Å²) < 4.78 is 77.9. The summed E-state index contributed by atoms with van der Waals surface area (Å²) >= 11 is 5.72. The average molecular weight is 368 g/mol. The van der Waals surface area contributed by atoms with Crippen LogP contribution in [0.1, 0.15) is 11.1 Å². The number of anilines is 1. The summed E-state index contributed by atoms with van der Waals surface area (Å²) in [6.45, 7) is 1.45. The minimum Gasteiger partial charge on any atom is -0.279 e. The molecule has 0 atom stereocenters. The maximum Gasteiger partial charge on any atom is 0.416 e. The van der Waals surface area contributed by atoms with E-state index in [0.29, 0.717) is 12.1 Å².